The molecule has 0 radical (unpaired) electrons. The number of rotatable bonds is 6. The molecule has 0 spiro atoms. The van der Waals surface area contributed by atoms with Gasteiger partial charge in [-0.05, 0) is 31.0 Å². The SMILES string of the molecule is CCC(=O)N(C)c1cc(C(F)(F)F)ccc1C(=O)C(C#N)C(=O)C1CC1. The van der Waals surface area contributed by atoms with Crippen molar-refractivity contribution in [2.75, 3.05) is 11.9 Å². The Labute approximate surface area is 148 Å². The second-order valence-corrected chi connectivity index (χ2v) is 6.14. The average Bonchev–Trinajstić information content (AvgIpc) is 3.44. The maximum absolute atomic E-state index is 13.0. The molecule has 0 saturated heterocycles. The summed E-state index contributed by atoms with van der Waals surface area (Å²) in [5, 5.41) is 9.22. The van der Waals surface area contributed by atoms with Crippen LogP contribution in [0.15, 0.2) is 18.2 Å². The Morgan fingerprint density at radius 2 is 1.92 bits per heavy atom. The van der Waals surface area contributed by atoms with Crippen molar-refractivity contribution in [2.24, 2.45) is 11.8 Å². The Hall–Kier alpha value is -2.69. The van der Waals surface area contributed by atoms with Crippen LogP contribution < -0.4 is 4.90 Å². The molecule has 1 unspecified atom stereocenters. The van der Waals surface area contributed by atoms with Crippen molar-refractivity contribution in [3.63, 3.8) is 0 Å². The number of carbonyl (C=O) groups is 3. The van der Waals surface area contributed by atoms with E-state index < -0.39 is 35.1 Å². The smallest absolute Gasteiger partial charge is 0.315 e. The van der Waals surface area contributed by atoms with Crippen molar-refractivity contribution in [3.8, 4) is 6.07 Å². The summed E-state index contributed by atoms with van der Waals surface area (Å²) in [5.41, 5.74) is -1.54. The third-order valence-electron chi connectivity index (χ3n) is 4.28. The molecular weight excluding hydrogens is 349 g/mol. The normalized spacial score (nSPS) is 15.1. The van der Waals surface area contributed by atoms with Crippen LogP contribution in [-0.2, 0) is 15.8 Å². The molecule has 0 aromatic heterocycles. The largest absolute Gasteiger partial charge is 0.416 e. The molecule has 5 nitrogen and oxygen atoms in total. The van der Waals surface area contributed by atoms with E-state index in [-0.39, 0.29) is 23.6 Å². The average molecular weight is 366 g/mol. The van der Waals surface area contributed by atoms with Crippen molar-refractivity contribution in [1.29, 1.82) is 5.26 Å². The summed E-state index contributed by atoms with van der Waals surface area (Å²) < 4.78 is 39.1. The fourth-order valence-electron chi connectivity index (χ4n) is 2.58. The summed E-state index contributed by atoms with van der Waals surface area (Å²) in [7, 11) is 1.25. The summed E-state index contributed by atoms with van der Waals surface area (Å²) in [5.74, 6) is -3.84. The number of nitriles is 1. The highest BCUT2D eigenvalue weighted by atomic mass is 19.4. The summed E-state index contributed by atoms with van der Waals surface area (Å²) >= 11 is 0. The first-order chi connectivity index (χ1) is 12.1. The van der Waals surface area contributed by atoms with E-state index in [1.165, 1.54) is 14.0 Å². The molecule has 1 atom stereocenters. The molecule has 1 aromatic rings. The molecule has 26 heavy (non-hydrogen) atoms. The molecule has 1 fully saturated rings. The molecule has 1 aliphatic carbocycles. The maximum atomic E-state index is 13.0. The highest BCUT2D eigenvalue weighted by molar-refractivity contribution is 6.17. The number of hydrogen-bond donors (Lipinski definition) is 0. The Bertz CT molecular complexity index is 792. The topological polar surface area (TPSA) is 78.2 Å². The van der Waals surface area contributed by atoms with E-state index in [4.69, 9.17) is 0 Å². The lowest BCUT2D eigenvalue weighted by atomic mass is 9.90. The van der Waals surface area contributed by atoms with E-state index in [1.807, 2.05) is 0 Å². The van der Waals surface area contributed by atoms with Crippen molar-refractivity contribution < 1.29 is 27.6 Å². The number of alkyl halides is 3. The zero-order valence-corrected chi connectivity index (χ0v) is 14.3. The van der Waals surface area contributed by atoms with Gasteiger partial charge in [-0.25, -0.2) is 0 Å². The first kappa shape index (κ1) is 19.6. The van der Waals surface area contributed by atoms with Crippen LogP contribution in [0.25, 0.3) is 0 Å². The van der Waals surface area contributed by atoms with E-state index in [0.29, 0.717) is 25.0 Å². The van der Waals surface area contributed by atoms with Gasteiger partial charge in [-0.1, -0.05) is 6.92 Å². The number of amides is 1. The lowest BCUT2D eigenvalue weighted by Crippen LogP contribution is -2.30. The van der Waals surface area contributed by atoms with Gasteiger partial charge >= 0.3 is 6.18 Å². The lowest BCUT2D eigenvalue weighted by molar-refractivity contribution is -0.137. The second-order valence-electron chi connectivity index (χ2n) is 6.14. The van der Waals surface area contributed by atoms with Gasteiger partial charge in [0.15, 0.2) is 17.5 Å². The number of nitrogens with zero attached hydrogens (tertiary/aromatic N) is 2. The van der Waals surface area contributed by atoms with Gasteiger partial charge in [0.1, 0.15) is 0 Å². The summed E-state index contributed by atoms with van der Waals surface area (Å²) in [6.07, 6.45) is -3.45. The van der Waals surface area contributed by atoms with Crippen LogP contribution in [0.1, 0.15) is 42.1 Å². The van der Waals surface area contributed by atoms with Gasteiger partial charge in [0.05, 0.1) is 17.3 Å². The number of ketones is 2. The zero-order valence-electron chi connectivity index (χ0n) is 14.3. The molecule has 8 heteroatoms. The number of benzene rings is 1. The van der Waals surface area contributed by atoms with Gasteiger partial charge < -0.3 is 4.90 Å². The van der Waals surface area contributed by atoms with Gasteiger partial charge in [-0.3, -0.25) is 14.4 Å². The molecular formula is C18H17F3N2O3. The third kappa shape index (κ3) is 3.93. The van der Waals surface area contributed by atoms with Gasteiger partial charge in [-0.15, -0.1) is 0 Å². The highest BCUT2D eigenvalue weighted by Gasteiger charge is 2.40. The Morgan fingerprint density at radius 3 is 2.38 bits per heavy atom. The minimum atomic E-state index is -4.66. The standard InChI is InChI=1S/C18H17F3N2O3/c1-3-15(24)23(2)14-8-11(18(19,20)21)6-7-12(14)17(26)13(9-22)16(25)10-4-5-10/h6-8,10,13H,3-5H2,1-2H3. The number of hydrogen-bond acceptors (Lipinski definition) is 4. The van der Waals surface area contributed by atoms with Gasteiger partial charge in [0, 0.05) is 24.9 Å². The van der Waals surface area contributed by atoms with E-state index in [2.05, 4.69) is 0 Å². The summed E-state index contributed by atoms with van der Waals surface area (Å²) in [6.45, 7) is 1.53. The predicted octanol–water partition coefficient (Wildman–Crippen LogP) is 3.38. The quantitative estimate of drug-likeness (QED) is 0.571. The number of Topliss-reactive ketones (excluding diaryl/α,β-unsaturated/α-hetero) is 2. The predicted molar refractivity (Wildman–Crippen MR) is 86.3 cm³/mol. The maximum Gasteiger partial charge on any atom is 0.416 e. The molecule has 1 aliphatic rings. The van der Waals surface area contributed by atoms with Gasteiger partial charge in [0.25, 0.3) is 0 Å². The van der Waals surface area contributed by atoms with E-state index in [9.17, 15) is 32.8 Å². The minimum absolute atomic E-state index is 0.0169. The van der Waals surface area contributed by atoms with Crippen molar-refractivity contribution in [3.05, 3.63) is 29.3 Å². The first-order valence-corrected chi connectivity index (χ1v) is 8.07. The molecule has 0 N–H and O–H groups in total. The van der Waals surface area contributed by atoms with Crippen LogP contribution in [0.5, 0.6) is 0 Å². The Balaban J connectivity index is 2.52. The molecule has 1 amide bonds. The van der Waals surface area contributed by atoms with Crippen LogP contribution in [0.2, 0.25) is 0 Å². The minimum Gasteiger partial charge on any atom is -0.315 e. The molecule has 1 aromatic carbocycles. The van der Waals surface area contributed by atoms with Crippen molar-refractivity contribution in [1.82, 2.24) is 0 Å². The lowest BCUT2D eigenvalue weighted by Gasteiger charge is -2.22. The van der Waals surface area contributed by atoms with E-state index in [1.54, 1.807) is 6.07 Å². The third-order valence-corrected chi connectivity index (χ3v) is 4.28. The van der Waals surface area contributed by atoms with Crippen molar-refractivity contribution in [2.45, 2.75) is 32.4 Å². The van der Waals surface area contributed by atoms with Crippen LogP contribution in [-0.4, -0.2) is 24.5 Å². The van der Waals surface area contributed by atoms with Crippen LogP contribution in [0.4, 0.5) is 18.9 Å². The van der Waals surface area contributed by atoms with Gasteiger partial charge in [-0.2, -0.15) is 18.4 Å². The zero-order chi connectivity index (χ0) is 19.6. The van der Waals surface area contributed by atoms with Crippen LogP contribution in [0, 0.1) is 23.2 Å². The second kappa shape index (κ2) is 7.28. The summed E-state index contributed by atoms with van der Waals surface area (Å²) in [4.78, 5) is 37.7. The molecule has 138 valence electrons. The number of carbonyl (C=O) groups excluding carboxylic acids is 3. The number of anilines is 1. The van der Waals surface area contributed by atoms with Crippen LogP contribution in [0.3, 0.4) is 0 Å². The summed E-state index contributed by atoms with van der Waals surface area (Å²) in [6, 6.07) is 3.97. The van der Waals surface area contributed by atoms with Gasteiger partial charge in [0.2, 0.25) is 5.91 Å². The highest BCUT2D eigenvalue weighted by Crippen LogP contribution is 2.36. The first-order valence-electron chi connectivity index (χ1n) is 8.07. The molecule has 0 heterocycles. The van der Waals surface area contributed by atoms with E-state index >= 15 is 0 Å². The molecule has 1 saturated carbocycles. The molecule has 2 rings (SSSR count). The Morgan fingerprint density at radius 1 is 1.31 bits per heavy atom. The Kier molecular flexibility index (Phi) is 5.50. The monoisotopic (exact) mass is 366 g/mol. The fraction of sp³-hybridized carbons (Fsp3) is 0.444. The molecule has 0 aliphatic heterocycles. The van der Waals surface area contributed by atoms with E-state index in [0.717, 1.165) is 11.0 Å². The van der Waals surface area contributed by atoms with Crippen LogP contribution >= 0.6 is 0 Å². The number of halogens is 3. The van der Waals surface area contributed by atoms with Crippen molar-refractivity contribution >= 4 is 23.2 Å². The fourth-order valence-corrected chi connectivity index (χ4v) is 2.58. The molecule has 0 bridgehead atoms.